The van der Waals surface area contributed by atoms with Crippen LogP contribution in [-0.4, -0.2) is 32.3 Å². The SMILES string of the molecule is Cc1cc(-n2nc(C)c(CCCNC3CC3)c2C)ncn1. The Hall–Kier alpha value is -1.75. The van der Waals surface area contributed by atoms with Gasteiger partial charge in [0.15, 0.2) is 5.82 Å². The van der Waals surface area contributed by atoms with Crippen LogP contribution in [0.15, 0.2) is 12.4 Å². The molecule has 5 heteroatoms. The topological polar surface area (TPSA) is 55.6 Å². The average Bonchev–Trinajstić information content (AvgIpc) is 3.23. The second kappa shape index (κ2) is 5.93. The van der Waals surface area contributed by atoms with E-state index in [0.29, 0.717) is 0 Å². The third kappa shape index (κ3) is 3.29. The predicted molar refractivity (Wildman–Crippen MR) is 82.7 cm³/mol. The van der Waals surface area contributed by atoms with E-state index in [0.717, 1.165) is 42.6 Å². The number of nitrogens with zero attached hydrogens (tertiary/aromatic N) is 4. The van der Waals surface area contributed by atoms with Gasteiger partial charge in [-0.15, -0.1) is 0 Å². The summed E-state index contributed by atoms with van der Waals surface area (Å²) in [6, 6.07) is 2.76. The monoisotopic (exact) mass is 285 g/mol. The second-order valence-electron chi connectivity index (χ2n) is 5.91. The Morgan fingerprint density at radius 1 is 1.24 bits per heavy atom. The van der Waals surface area contributed by atoms with Gasteiger partial charge in [0.25, 0.3) is 0 Å². The molecule has 1 N–H and O–H groups in total. The molecule has 0 bridgehead atoms. The van der Waals surface area contributed by atoms with Crippen LogP contribution in [0.3, 0.4) is 0 Å². The summed E-state index contributed by atoms with van der Waals surface area (Å²) in [6.45, 7) is 7.28. The molecule has 0 saturated heterocycles. The normalized spacial score (nSPS) is 14.6. The zero-order valence-corrected chi connectivity index (χ0v) is 13.1. The molecule has 5 nitrogen and oxygen atoms in total. The van der Waals surface area contributed by atoms with Crippen molar-refractivity contribution in [3.8, 4) is 5.82 Å². The van der Waals surface area contributed by atoms with E-state index in [1.165, 1.54) is 24.1 Å². The summed E-state index contributed by atoms with van der Waals surface area (Å²) in [7, 11) is 0. The number of rotatable bonds is 6. The Morgan fingerprint density at radius 2 is 2.05 bits per heavy atom. The molecule has 2 heterocycles. The van der Waals surface area contributed by atoms with Gasteiger partial charge in [0.2, 0.25) is 0 Å². The van der Waals surface area contributed by atoms with Gasteiger partial charge in [-0.2, -0.15) is 5.10 Å². The van der Waals surface area contributed by atoms with Crippen LogP contribution in [0.5, 0.6) is 0 Å². The highest BCUT2D eigenvalue weighted by Crippen LogP contribution is 2.20. The summed E-state index contributed by atoms with van der Waals surface area (Å²) in [6.07, 6.45) is 6.53. The van der Waals surface area contributed by atoms with E-state index >= 15 is 0 Å². The fourth-order valence-corrected chi connectivity index (χ4v) is 2.67. The predicted octanol–water partition coefficient (Wildman–Crippen LogP) is 2.27. The van der Waals surface area contributed by atoms with E-state index < -0.39 is 0 Å². The van der Waals surface area contributed by atoms with E-state index in [1.54, 1.807) is 6.33 Å². The van der Waals surface area contributed by atoms with Crippen LogP contribution in [0.2, 0.25) is 0 Å². The number of hydrogen-bond acceptors (Lipinski definition) is 4. The Balaban J connectivity index is 1.72. The Morgan fingerprint density at radius 3 is 2.76 bits per heavy atom. The van der Waals surface area contributed by atoms with Gasteiger partial charge in [-0.1, -0.05) is 0 Å². The largest absolute Gasteiger partial charge is 0.314 e. The molecule has 0 radical (unpaired) electrons. The van der Waals surface area contributed by atoms with Crippen molar-refractivity contribution >= 4 is 0 Å². The lowest BCUT2D eigenvalue weighted by molar-refractivity contribution is 0.644. The zero-order chi connectivity index (χ0) is 14.8. The van der Waals surface area contributed by atoms with Crippen molar-refractivity contribution < 1.29 is 0 Å². The maximum Gasteiger partial charge on any atom is 0.157 e. The minimum atomic E-state index is 0.791. The van der Waals surface area contributed by atoms with Gasteiger partial charge in [-0.05, 0) is 58.6 Å². The molecule has 0 unspecified atom stereocenters. The van der Waals surface area contributed by atoms with Crippen molar-refractivity contribution in [2.45, 2.75) is 52.5 Å². The van der Waals surface area contributed by atoms with Crippen molar-refractivity contribution in [2.24, 2.45) is 0 Å². The van der Waals surface area contributed by atoms with Crippen LogP contribution < -0.4 is 5.32 Å². The molecule has 2 aromatic heterocycles. The van der Waals surface area contributed by atoms with Gasteiger partial charge < -0.3 is 5.32 Å². The first-order chi connectivity index (χ1) is 10.1. The van der Waals surface area contributed by atoms with E-state index in [4.69, 9.17) is 0 Å². The summed E-state index contributed by atoms with van der Waals surface area (Å²) in [4.78, 5) is 8.48. The van der Waals surface area contributed by atoms with Crippen LogP contribution in [0.4, 0.5) is 0 Å². The highest BCUT2D eigenvalue weighted by Gasteiger charge is 2.20. The first kappa shape index (κ1) is 14.2. The van der Waals surface area contributed by atoms with Crippen LogP contribution in [0.25, 0.3) is 5.82 Å². The zero-order valence-electron chi connectivity index (χ0n) is 13.1. The molecule has 112 valence electrons. The standard InChI is InChI=1S/C16H23N5/c1-11-9-16(19-10-18-11)21-13(3)15(12(2)20-21)5-4-8-17-14-6-7-14/h9-10,14,17H,4-8H2,1-3H3. The summed E-state index contributed by atoms with van der Waals surface area (Å²) in [5, 5.41) is 8.22. The van der Waals surface area contributed by atoms with Crippen molar-refractivity contribution in [2.75, 3.05) is 6.54 Å². The first-order valence-electron chi connectivity index (χ1n) is 7.72. The van der Waals surface area contributed by atoms with E-state index in [2.05, 4.69) is 34.2 Å². The molecule has 0 aromatic carbocycles. The van der Waals surface area contributed by atoms with Crippen molar-refractivity contribution in [3.63, 3.8) is 0 Å². The van der Waals surface area contributed by atoms with E-state index in [1.807, 2.05) is 17.7 Å². The molecule has 0 aliphatic heterocycles. The third-order valence-electron chi connectivity index (χ3n) is 4.06. The van der Waals surface area contributed by atoms with Crippen molar-refractivity contribution in [1.29, 1.82) is 0 Å². The summed E-state index contributed by atoms with van der Waals surface area (Å²) >= 11 is 0. The maximum atomic E-state index is 4.65. The van der Waals surface area contributed by atoms with Crippen LogP contribution in [0.1, 0.15) is 41.9 Å². The van der Waals surface area contributed by atoms with Crippen molar-refractivity contribution in [1.82, 2.24) is 25.1 Å². The van der Waals surface area contributed by atoms with Crippen LogP contribution >= 0.6 is 0 Å². The van der Waals surface area contributed by atoms with Gasteiger partial charge in [-0.3, -0.25) is 0 Å². The lowest BCUT2D eigenvalue weighted by Crippen LogP contribution is -2.18. The molecular weight excluding hydrogens is 262 g/mol. The minimum absolute atomic E-state index is 0.791. The molecule has 0 spiro atoms. The van der Waals surface area contributed by atoms with Crippen LogP contribution in [-0.2, 0) is 6.42 Å². The quantitative estimate of drug-likeness (QED) is 0.827. The molecule has 1 aliphatic carbocycles. The summed E-state index contributed by atoms with van der Waals surface area (Å²) in [5.74, 6) is 0.852. The van der Waals surface area contributed by atoms with Gasteiger partial charge >= 0.3 is 0 Å². The Bertz CT molecular complexity index is 628. The highest BCUT2D eigenvalue weighted by atomic mass is 15.3. The second-order valence-corrected chi connectivity index (χ2v) is 5.91. The average molecular weight is 285 g/mol. The number of aryl methyl sites for hydroxylation is 2. The molecule has 3 rings (SSSR count). The lowest BCUT2D eigenvalue weighted by atomic mass is 10.1. The fraction of sp³-hybridized carbons (Fsp3) is 0.562. The molecule has 0 atom stereocenters. The fourth-order valence-electron chi connectivity index (χ4n) is 2.67. The highest BCUT2D eigenvalue weighted by molar-refractivity contribution is 5.32. The van der Waals surface area contributed by atoms with Crippen molar-refractivity contribution in [3.05, 3.63) is 35.0 Å². The number of nitrogens with one attached hydrogen (secondary N) is 1. The molecule has 1 fully saturated rings. The maximum absolute atomic E-state index is 4.65. The molecule has 2 aromatic rings. The Kier molecular flexibility index (Phi) is 4.01. The number of aromatic nitrogens is 4. The van der Waals surface area contributed by atoms with Gasteiger partial charge in [0.05, 0.1) is 5.69 Å². The molecule has 0 amide bonds. The molecular formula is C16H23N5. The number of hydrogen-bond donors (Lipinski definition) is 1. The van der Waals surface area contributed by atoms with E-state index in [9.17, 15) is 0 Å². The molecule has 1 saturated carbocycles. The van der Waals surface area contributed by atoms with Crippen LogP contribution in [0, 0.1) is 20.8 Å². The van der Waals surface area contributed by atoms with E-state index in [-0.39, 0.29) is 0 Å². The lowest BCUT2D eigenvalue weighted by Gasteiger charge is -2.06. The van der Waals surface area contributed by atoms with Gasteiger partial charge in [0.1, 0.15) is 6.33 Å². The molecule has 21 heavy (non-hydrogen) atoms. The first-order valence-corrected chi connectivity index (χ1v) is 7.72. The Labute approximate surface area is 125 Å². The smallest absolute Gasteiger partial charge is 0.157 e. The third-order valence-corrected chi connectivity index (χ3v) is 4.06. The summed E-state index contributed by atoms with van der Waals surface area (Å²) in [5.41, 5.74) is 4.61. The minimum Gasteiger partial charge on any atom is -0.314 e. The summed E-state index contributed by atoms with van der Waals surface area (Å²) < 4.78 is 1.94. The van der Waals surface area contributed by atoms with Gasteiger partial charge in [0, 0.05) is 23.5 Å². The van der Waals surface area contributed by atoms with Gasteiger partial charge in [-0.25, -0.2) is 14.6 Å². The molecule has 1 aliphatic rings.